The topological polar surface area (TPSA) is 38.5 Å². The number of likely N-dealkylation sites (tertiary alicyclic amines) is 1. The molecular formula is C15H23BrN2O. The monoisotopic (exact) mass is 326 g/mol. The predicted molar refractivity (Wildman–Crippen MR) is 82.2 cm³/mol. The molecule has 0 spiro atoms. The van der Waals surface area contributed by atoms with Crippen molar-refractivity contribution in [2.45, 2.75) is 31.3 Å². The third-order valence-corrected chi connectivity index (χ3v) is 4.35. The number of nitrogens with two attached hydrogens (primary N) is 1. The summed E-state index contributed by atoms with van der Waals surface area (Å²) in [5.74, 6) is 0. The predicted octanol–water partition coefficient (Wildman–Crippen LogP) is 2.95. The molecule has 0 radical (unpaired) electrons. The SMILES string of the molecule is COCCN1CCCCC(N)C1c1ccc(Br)cc1. The lowest BCUT2D eigenvalue weighted by molar-refractivity contribution is 0.115. The second kappa shape index (κ2) is 7.39. The highest BCUT2D eigenvalue weighted by Crippen LogP contribution is 2.30. The van der Waals surface area contributed by atoms with Gasteiger partial charge in [-0.2, -0.15) is 0 Å². The van der Waals surface area contributed by atoms with E-state index >= 15 is 0 Å². The number of rotatable bonds is 4. The molecule has 19 heavy (non-hydrogen) atoms. The van der Waals surface area contributed by atoms with Crippen LogP contribution >= 0.6 is 15.9 Å². The standard InChI is InChI=1S/C15H23BrN2O/c1-19-11-10-18-9-3-2-4-14(17)15(18)12-5-7-13(16)8-6-12/h5-8,14-15H,2-4,9-11,17H2,1H3. The van der Waals surface area contributed by atoms with Crippen molar-refractivity contribution in [3.63, 3.8) is 0 Å². The molecule has 1 heterocycles. The van der Waals surface area contributed by atoms with E-state index in [1.54, 1.807) is 7.11 Å². The van der Waals surface area contributed by atoms with Gasteiger partial charge in [0.1, 0.15) is 0 Å². The number of ether oxygens (including phenoxy) is 1. The third kappa shape index (κ3) is 4.02. The molecule has 0 saturated carbocycles. The van der Waals surface area contributed by atoms with Crippen LogP contribution in [0.25, 0.3) is 0 Å². The molecule has 1 aromatic rings. The Morgan fingerprint density at radius 1 is 1.32 bits per heavy atom. The molecule has 4 heteroatoms. The molecule has 1 aliphatic heterocycles. The first kappa shape index (κ1) is 15.0. The molecule has 2 atom stereocenters. The van der Waals surface area contributed by atoms with Gasteiger partial charge in [0, 0.05) is 30.2 Å². The Morgan fingerprint density at radius 2 is 2.05 bits per heavy atom. The quantitative estimate of drug-likeness (QED) is 0.924. The van der Waals surface area contributed by atoms with Crippen LogP contribution in [0.2, 0.25) is 0 Å². The van der Waals surface area contributed by atoms with E-state index in [4.69, 9.17) is 10.5 Å². The lowest BCUT2D eigenvalue weighted by Crippen LogP contribution is -2.41. The molecule has 0 aromatic heterocycles. The highest BCUT2D eigenvalue weighted by atomic mass is 79.9. The molecule has 1 aromatic carbocycles. The molecular weight excluding hydrogens is 304 g/mol. The van der Waals surface area contributed by atoms with E-state index in [1.807, 2.05) is 0 Å². The molecule has 2 unspecified atom stereocenters. The van der Waals surface area contributed by atoms with Gasteiger partial charge in [0.05, 0.1) is 6.61 Å². The van der Waals surface area contributed by atoms with Crippen LogP contribution in [0.4, 0.5) is 0 Å². The van der Waals surface area contributed by atoms with Crippen molar-refractivity contribution in [1.29, 1.82) is 0 Å². The Balaban J connectivity index is 2.20. The number of hydrogen-bond acceptors (Lipinski definition) is 3. The molecule has 2 rings (SSSR count). The smallest absolute Gasteiger partial charge is 0.0589 e. The average Bonchev–Trinajstić information content (AvgIpc) is 2.59. The van der Waals surface area contributed by atoms with Gasteiger partial charge in [-0.3, -0.25) is 4.90 Å². The van der Waals surface area contributed by atoms with Crippen molar-refractivity contribution in [1.82, 2.24) is 4.90 Å². The molecule has 1 saturated heterocycles. The molecule has 0 bridgehead atoms. The summed E-state index contributed by atoms with van der Waals surface area (Å²) in [7, 11) is 1.76. The van der Waals surface area contributed by atoms with Gasteiger partial charge in [0.2, 0.25) is 0 Å². The minimum Gasteiger partial charge on any atom is -0.383 e. The fourth-order valence-corrected chi connectivity index (χ4v) is 3.10. The van der Waals surface area contributed by atoms with Crippen molar-refractivity contribution in [3.8, 4) is 0 Å². The minimum absolute atomic E-state index is 0.209. The summed E-state index contributed by atoms with van der Waals surface area (Å²) in [4.78, 5) is 2.48. The van der Waals surface area contributed by atoms with Crippen molar-refractivity contribution < 1.29 is 4.74 Å². The zero-order valence-corrected chi connectivity index (χ0v) is 13.1. The summed E-state index contributed by atoms with van der Waals surface area (Å²) in [6, 6.07) is 9.08. The van der Waals surface area contributed by atoms with Gasteiger partial charge in [-0.25, -0.2) is 0 Å². The molecule has 1 fully saturated rings. The van der Waals surface area contributed by atoms with Gasteiger partial charge in [-0.1, -0.05) is 34.5 Å². The Kier molecular flexibility index (Phi) is 5.82. The minimum atomic E-state index is 0.209. The molecule has 2 N–H and O–H groups in total. The lowest BCUT2D eigenvalue weighted by Gasteiger charge is -2.33. The number of hydrogen-bond donors (Lipinski definition) is 1. The van der Waals surface area contributed by atoms with Gasteiger partial charge in [0.25, 0.3) is 0 Å². The number of halogens is 1. The lowest BCUT2D eigenvalue weighted by atomic mass is 9.96. The van der Waals surface area contributed by atoms with E-state index in [1.165, 1.54) is 18.4 Å². The highest BCUT2D eigenvalue weighted by molar-refractivity contribution is 9.10. The summed E-state index contributed by atoms with van der Waals surface area (Å²) < 4.78 is 6.35. The first-order valence-corrected chi connectivity index (χ1v) is 7.75. The van der Waals surface area contributed by atoms with Gasteiger partial charge in [-0.05, 0) is 37.1 Å². The van der Waals surface area contributed by atoms with E-state index in [0.717, 1.165) is 30.6 Å². The number of nitrogens with zero attached hydrogens (tertiary/aromatic N) is 1. The first-order valence-electron chi connectivity index (χ1n) is 6.96. The Hall–Kier alpha value is -0.420. The second-order valence-electron chi connectivity index (χ2n) is 5.18. The van der Waals surface area contributed by atoms with Gasteiger partial charge in [0.15, 0.2) is 0 Å². The van der Waals surface area contributed by atoms with Crippen LogP contribution in [0.5, 0.6) is 0 Å². The second-order valence-corrected chi connectivity index (χ2v) is 6.10. The van der Waals surface area contributed by atoms with Crippen LogP contribution in [-0.2, 0) is 4.74 Å². The van der Waals surface area contributed by atoms with E-state index in [2.05, 4.69) is 45.1 Å². The van der Waals surface area contributed by atoms with Crippen molar-refractivity contribution >= 4 is 15.9 Å². The number of methoxy groups -OCH3 is 1. The van der Waals surface area contributed by atoms with Crippen LogP contribution in [0, 0.1) is 0 Å². The van der Waals surface area contributed by atoms with Crippen LogP contribution in [-0.4, -0.2) is 37.7 Å². The summed E-state index contributed by atoms with van der Waals surface area (Å²) in [5, 5.41) is 0. The van der Waals surface area contributed by atoms with Crippen molar-refractivity contribution in [3.05, 3.63) is 34.3 Å². The van der Waals surface area contributed by atoms with Gasteiger partial charge >= 0.3 is 0 Å². The maximum Gasteiger partial charge on any atom is 0.0589 e. The van der Waals surface area contributed by atoms with E-state index in [-0.39, 0.29) is 6.04 Å². The Bertz CT molecular complexity index is 382. The summed E-state index contributed by atoms with van der Waals surface area (Å²) in [6.07, 6.45) is 3.55. The van der Waals surface area contributed by atoms with Crippen LogP contribution in [0.15, 0.2) is 28.7 Å². The highest BCUT2D eigenvalue weighted by Gasteiger charge is 2.28. The average molecular weight is 327 g/mol. The normalized spacial score (nSPS) is 25.2. The van der Waals surface area contributed by atoms with E-state index in [9.17, 15) is 0 Å². The summed E-state index contributed by atoms with van der Waals surface area (Å²) in [6.45, 7) is 2.82. The molecule has 106 valence electrons. The summed E-state index contributed by atoms with van der Waals surface area (Å²) in [5.41, 5.74) is 7.73. The fraction of sp³-hybridized carbons (Fsp3) is 0.600. The van der Waals surface area contributed by atoms with Crippen molar-refractivity contribution in [2.24, 2.45) is 5.73 Å². The van der Waals surface area contributed by atoms with Crippen molar-refractivity contribution in [2.75, 3.05) is 26.8 Å². The maximum atomic E-state index is 6.42. The largest absolute Gasteiger partial charge is 0.383 e. The van der Waals surface area contributed by atoms with Crippen LogP contribution < -0.4 is 5.73 Å². The first-order chi connectivity index (χ1) is 9.22. The number of benzene rings is 1. The molecule has 0 amide bonds. The van der Waals surface area contributed by atoms with Crippen LogP contribution in [0.1, 0.15) is 30.9 Å². The van der Waals surface area contributed by atoms with E-state index in [0.29, 0.717) is 6.04 Å². The molecule has 3 nitrogen and oxygen atoms in total. The van der Waals surface area contributed by atoms with E-state index < -0.39 is 0 Å². The van der Waals surface area contributed by atoms with Gasteiger partial charge in [-0.15, -0.1) is 0 Å². The molecule has 1 aliphatic rings. The van der Waals surface area contributed by atoms with Gasteiger partial charge < -0.3 is 10.5 Å². The maximum absolute atomic E-state index is 6.42. The summed E-state index contributed by atoms with van der Waals surface area (Å²) >= 11 is 3.49. The zero-order chi connectivity index (χ0) is 13.7. The third-order valence-electron chi connectivity index (χ3n) is 3.83. The Morgan fingerprint density at radius 3 is 2.74 bits per heavy atom. The zero-order valence-electron chi connectivity index (χ0n) is 11.5. The molecule has 0 aliphatic carbocycles. The Labute approximate surface area is 124 Å². The van der Waals surface area contributed by atoms with Crippen LogP contribution in [0.3, 0.4) is 0 Å². The fourth-order valence-electron chi connectivity index (χ4n) is 2.84.